The molecule has 0 aliphatic carbocycles. The minimum absolute atomic E-state index is 0.459. The van der Waals surface area contributed by atoms with Crippen LogP contribution in [0.2, 0.25) is 0 Å². The summed E-state index contributed by atoms with van der Waals surface area (Å²) in [5, 5.41) is 10.1. The van der Waals surface area contributed by atoms with Crippen LogP contribution in [0.25, 0.3) is 0 Å². The molecule has 0 aliphatic heterocycles. The number of aliphatic hydroxyl groups is 1. The number of benzene rings is 1. The predicted octanol–water partition coefficient (Wildman–Crippen LogP) is 2.19. The largest absolute Gasteiger partial charge is 0.375 e. The summed E-state index contributed by atoms with van der Waals surface area (Å²) in [6, 6.07) is 9.50. The summed E-state index contributed by atoms with van der Waals surface area (Å²) in [6.45, 7) is 6.33. The van der Waals surface area contributed by atoms with Crippen LogP contribution in [-0.4, -0.2) is 30.2 Å². The van der Waals surface area contributed by atoms with Gasteiger partial charge in [0.1, 0.15) is 0 Å². The van der Waals surface area contributed by atoms with E-state index in [1.165, 1.54) is 0 Å². The molecule has 1 aromatic carbocycles. The minimum atomic E-state index is -1.08. The summed E-state index contributed by atoms with van der Waals surface area (Å²) in [6.07, 6.45) is -0.988. The van der Waals surface area contributed by atoms with Gasteiger partial charge in [-0.25, -0.2) is 0 Å². The molecule has 0 saturated carbocycles. The third kappa shape index (κ3) is 4.15. The summed E-state index contributed by atoms with van der Waals surface area (Å²) in [4.78, 5) is 0. The third-order valence-corrected chi connectivity index (χ3v) is 2.49. The van der Waals surface area contributed by atoms with E-state index < -0.39 is 11.9 Å². The van der Waals surface area contributed by atoms with Crippen molar-refractivity contribution in [3.63, 3.8) is 0 Å². The van der Waals surface area contributed by atoms with Gasteiger partial charge in [-0.3, -0.25) is 0 Å². The Balaban J connectivity index is 2.79. The van der Waals surface area contributed by atoms with Crippen LogP contribution in [0.4, 0.5) is 0 Å². The van der Waals surface area contributed by atoms with Gasteiger partial charge in [0.15, 0.2) is 6.10 Å². The second kappa shape index (κ2) is 7.17. The van der Waals surface area contributed by atoms with Gasteiger partial charge in [0, 0.05) is 18.8 Å². The zero-order valence-corrected chi connectivity index (χ0v) is 11.1. The monoisotopic (exact) mass is 248 g/mol. The lowest BCUT2D eigenvalue weighted by Gasteiger charge is -2.31. The summed E-state index contributed by atoms with van der Waals surface area (Å²) >= 11 is 0. The van der Waals surface area contributed by atoms with Gasteiger partial charge in [-0.2, -0.15) is 0 Å². The molecule has 1 rings (SSSR count). The summed E-state index contributed by atoms with van der Waals surface area (Å²) in [5.41, 5.74) is 0.854. The minimum Gasteiger partial charge on any atom is -0.375 e. The molecule has 0 radical (unpaired) electrons. The number of hydrogen-bond acceptors (Lipinski definition) is 3. The maximum Gasteiger partial charge on any atom is 0.203 e. The van der Waals surface area contributed by atoms with Crippen LogP contribution in [0.3, 0.4) is 0 Å². The van der Waals surface area contributed by atoms with Gasteiger partial charge in [-0.15, -0.1) is 0 Å². The molecule has 98 valence electrons. The van der Waals surface area contributed by atoms with Crippen LogP contribution >= 0.6 is 0 Å². The Kier molecular flexibility index (Phi) is 5.87. The summed E-state index contributed by atoms with van der Waals surface area (Å²) < 4.78 is 10.9. The molecule has 0 bridgehead atoms. The van der Waals surface area contributed by atoms with Gasteiger partial charge in [0.05, 0.1) is 0 Å². The SMILES string of the molecule is CCOC(C)(OCC)C(O)C#Cc1ccccc1. The topological polar surface area (TPSA) is 38.7 Å². The highest BCUT2D eigenvalue weighted by Crippen LogP contribution is 2.17. The van der Waals surface area contributed by atoms with Crippen molar-refractivity contribution in [2.75, 3.05) is 13.2 Å². The van der Waals surface area contributed by atoms with Crippen molar-refractivity contribution in [1.82, 2.24) is 0 Å². The lowest BCUT2D eigenvalue weighted by Crippen LogP contribution is -2.44. The Morgan fingerprint density at radius 1 is 1.17 bits per heavy atom. The lowest BCUT2D eigenvalue weighted by atomic mass is 10.1. The molecular weight excluding hydrogens is 228 g/mol. The van der Waals surface area contributed by atoms with Crippen molar-refractivity contribution < 1.29 is 14.6 Å². The van der Waals surface area contributed by atoms with Gasteiger partial charge >= 0.3 is 0 Å². The quantitative estimate of drug-likeness (QED) is 0.641. The molecule has 0 aromatic heterocycles. The van der Waals surface area contributed by atoms with E-state index in [0.717, 1.165) is 5.56 Å². The Morgan fingerprint density at radius 2 is 1.72 bits per heavy atom. The van der Waals surface area contributed by atoms with Gasteiger partial charge in [0.25, 0.3) is 0 Å². The van der Waals surface area contributed by atoms with Crippen LogP contribution in [0.5, 0.6) is 0 Å². The van der Waals surface area contributed by atoms with E-state index in [4.69, 9.17) is 9.47 Å². The van der Waals surface area contributed by atoms with E-state index in [1.54, 1.807) is 6.92 Å². The first-order valence-corrected chi connectivity index (χ1v) is 6.15. The average Bonchev–Trinajstić information content (AvgIpc) is 2.37. The standard InChI is InChI=1S/C15H20O3/c1-4-17-15(3,18-5-2)14(16)12-11-13-9-7-6-8-10-13/h6-10,14,16H,4-5H2,1-3H3. The molecule has 0 amide bonds. The Hall–Kier alpha value is -1.34. The smallest absolute Gasteiger partial charge is 0.203 e. The van der Waals surface area contributed by atoms with E-state index in [2.05, 4.69) is 11.8 Å². The molecule has 0 heterocycles. The molecule has 3 heteroatoms. The molecule has 0 fully saturated rings. The van der Waals surface area contributed by atoms with E-state index in [-0.39, 0.29) is 0 Å². The first-order chi connectivity index (χ1) is 8.62. The third-order valence-electron chi connectivity index (χ3n) is 2.49. The molecule has 18 heavy (non-hydrogen) atoms. The first-order valence-electron chi connectivity index (χ1n) is 6.15. The van der Waals surface area contributed by atoms with Crippen molar-refractivity contribution in [1.29, 1.82) is 0 Å². The Morgan fingerprint density at radius 3 is 2.22 bits per heavy atom. The summed E-state index contributed by atoms with van der Waals surface area (Å²) in [7, 11) is 0. The summed E-state index contributed by atoms with van der Waals surface area (Å²) in [5.74, 6) is 4.59. The molecule has 1 atom stereocenters. The van der Waals surface area contributed by atoms with Crippen molar-refractivity contribution in [2.24, 2.45) is 0 Å². The van der Waals surface area contributed by atoms with Crippen LogP contribution in [-0.2, 0) is 9.47 Å². The van der Waals surface area contributed by atoms with E-state index in [0.29, 0.717) is 13.2 Å². The zero-order valence-electron chi connectivity index (χ0n) is 11.1. The molecular formula is C15H20O3. The highest BCUT2D eigenvalue weighted by Gasteiger charge is 2.33. The van der Waals surface area contributed by atoms with Gasteiger partial charge in [-0.05, 0) is 32.9 Å². The number of hydrogen-bond donors (Lipinski definition) is 1. The highest BCUT2D eigenvalue weighted by molar-refractivity contribution is 5.34. The fourth-order valence-electron chi connectivity index (χ4n) is 1.58. The number of aliphatic hydroxyl groups excluding tert-OH is 1. The fourth-order valence-corrected chi connectivity index (χ4v) is 1.58. The van der Waals surface area contributed by atoms with Crippen molar-refractivity contribution in [3.8, 4) is 11.8 Å². The lowest BCUT2D eigenvalue weighted by molar-refractivity contribution is -0.256. The van der Waals surface area contributed by atoms with Gasteiger partial charge < -0.3 is 14.6 Å². The van der Waals surface area contributed by atoms with Crippen LogP contribution < -0.4 is 0 Å². The molecule has 3 nitrogen and oxygen atoms in total. The van der Waals surface area contributed by atoms with Crippen molar-refractivity contribution in [2.45, 2.75) is 32.7 Å². The Bertz CT molecular complexity index is 397. The maximum atomic E-state index is 10.1. The van der Waals surface area contributed by atoms with E-state index in [1.807, 2.05) is 44.2 Å². The molecule has 1 unspecified atom stereocenters. The predicted molar refractivity (Wildman–Crippen MR) is 71.0 cm³/mol. The maximum absolute atomic E-state index is 10.1. The zero-order chi connectivity index (χ0) is 13.4. The molecule has 1 N–H and O–H groups in total. The number of rotatable bonds is 5. The molecule has 0 saturated heterocycles. The van der Waals surface area contributed by atoms with E-state index in [9.17, 15) is 5.11 Å². The van der Waals surface area contributed by atoms with Crippen molar-refractivity contribution in [3.05, 3.63) is 35.9 Å². The fraction of sp³-hybridized carbons (Fsp3) is 0.467. The van der Waals surface area contributed by atoms with Gasteiger partial charge in [-0.1, -0.05) is 30.0 Å². The Labute approximate surface area is 109 Å². The van der Waals surface area contributed by atoms with Crippen LogP contribution in [0, 0.1) is 11.8 Å². The number of ether oxygens (including phenoxy) is 2. The normalized spacial score (nSPS) is 12.7. The van der Waals surface area contributed by atoms with Crippen LogP contribution in [0.15, 0.2) is 30.3 Å². The second-order valence-corrected chi connectivity index (χ2v) is 3.92. The second-order valence-electron chi connectivity index (χ2n) is 3.92. The first kappa shape index (κ1) is 14.7. The van der Waals surface area contributed by atoms with Crippen LogP contribution in [0.1, 0.15) is 26.3 Å². The van der Waals surface area contributed by atoms with Gasteiger partial charge in [0.2, 0.25) is 5.79 Å². The molecule has 1 aromatic rings. The highest BCUT2D eigenvalue weighted by atomic mass is 16.7. The molecule has 0 aliphatic rings. The van der Waals surface area contributed by atoms with E-state index >= 15 is 0 Å². The molecule has 0 spiro atoms. The average molecular weight is 248 g/mol. The van der Waals surface area contributed by atoms with Crippen molar-refractivity contribution >= 4 is 0 Å².